The molecule has 4 nitrogen and oxygen atoms in total. The summed E-state index contributed by atoms with van der Waals surface area (Å²) < 4.78 is 6.30. The van der Waals surface area contributed by atoms with Crippen molar-refractivity contribution in [2.75, 3.05) is 18.0 Å². The lowest BCUT2D eigenvalue weighted by Crippen LogP contribution is -2.67. The molecular formula is C20H30N2O2. The molecule has 0 saturated carbocycles. The first kappa shape index (κ1) is 17.3. The summed E-state index contributed by atoms with van der Waals surface area (Å²) in [6.07, 6.45) is 2.61. The van der Waals surface area contributed by atoms with Gasteiger partial charge in [0.05, 0.1) is 11.6 Å². The number of anilines is 1. The molecule has 0 bridgehead atoms. The van der Waals surface area contributed by atoms with E-state index in [1.54, 1.807) is 0 Å². The fourth-order valence-electron chi connectivity index (χ4n) is 4.33. The van der Waals surface area contributed by atoms with Crippen LogP contribution in [0.4, 0.5) is 5.69 Å². The van der Waals surface area contributed by atoms with Crippen LogP contribution in [0.25, 0.3) is 0 Å². The van der Waals surface area contributed by atoms with E-state index in [-0.39, 0.29) is 23.7 Å². The minimum Gasteiger partial charge on any atom is -0.371 e. The van der Waals surface area contributed by atoms with Crippen molar-refractivity contribution >= 4 is 11.6 Å². The van der Waals surface area contributed by atoms with Gasteiger partial charge in [0, 0.05) is 18.8 Å². The van der Waals surface area contributed by atoms with Gasteiger partial charge in [-0.15, -0.1) is 0 Å². The van der Waals surface area contributed by atoms with E-state index in [9.17, 15) is 4.79 Å². The van der Waals surface area contributed by atoms with Crippen LogP contribution >= 0.6 is 0 Å². The topological polar surface area (TPSA) is 41.6 Å². The van der Waals surface area contributed by atoms with Crippen LogP contribution in [0.3, 0.4) is 0 Å². The van der Waals surface area contributed by atoms with Crippen molar-refractivity contribution in [2.45, 2.75) is 64.7 Å². The van der Waals surface area contributed by atoms with Crippen LogP contribution in [0.5, 0.6) is 0 Å². The van der Waals surface area contributed by atoms with Gasteiger partial charge in [-0.05, 0) is 43.7 Å². The Morgan fingerprint density at radius 2 is 1.96 bits per heavy atom. The molecule has 132 valence electrons. The lowest BCUT2D eigenvalue weighted by molar-refractivity contribution is -0.178. The number of hydrogen-bond acceptors (Lipinski definition) is 3. The number of carbonyl (C=O) groups excluding carboxylic acids is 1. The maximum atomic E-state index is 12.1. The molecule has 4 heteroatoms. The summed E-state index contributed by atoms with van der Waals surface area (Å²) in [7, 11) is 0. The molecule has 24 heavy (non-hydrogen) atoms. The van der Waals surface area contributed by atoms with E-state index < -0.39 is 0 Å². The second kappa shape index (κ2) is 6.75. The molecule has 2 unspecified atom stereocenters. The predicted octanol–water partition coefficient (Wildman–Crippen LogP) is 3.15. The Hall–Kier alpha value is -1.55. The smallest absolute Gasteiger partial charge is 0.249 e. The molecule has 1 aromatic carbocycles. The SMILES string of the molecule is CCc1ccccc1N1CCC2(CC1)OC(C)C(=O)NC2C(C)C. The number of benzene rings is 1. The monoisotopic (exact) mass is 330 g/mol. The Morgan fingerprint density at radius 3 is 2.58 bits per heavy atom. The van der Waals surface area contributed by atoms with E-state index >= 15 is 0 Å². The van der Waals surface area contributed by atoms with Crippen LogP contribution in [-0.4, -0.2) is 36.7 Å². The fraction of sp³-hybridized carbons (Fsp3) is 0.650. The molecule has 3 rings (SSSR count). The van der Waals surface area contributed by atoms with E-state index in [2.05, 4.69) is 55.3 Å². The van der Waals surface area contributed by atoms with Crippen LogP contribution in [0.2, 0.25) is 0 Å². The third kappa shape index (κ3) is 3.04. The quantitative estimate of drug-likeness (QED) is 0.926. The van der Waals surface area contributed by atoms with E-state index in [0.717, 1.165) is 32.4 Å². The van der Waals surface area contributed by atoms with Crippen LogP contribution in [-0.2, 0) is 16.0 Å². The summed E-state index contributed by atoms with van der Waals surface area (Å²) in [5.74, 6) is 0.397. The zero-order valence-corrected chi connectivity index (χ0v) is 15.3. The lowest BCUT2D eigenvalue weighted by atomic mass is 9.77. The van der Waals surface area contributed by atoms with Crippen LogP contribution in [0, 0.1) is 5.92 Å². The van der Waals surface area contributed by atoms with Gasteiger partial charge in [-0.25, -0.2) is 0 Å². The minimum atomic E-state index is -0.352. The number of hydrogen-bond donors (Lipinski definition) is 1. The largest absolute Gasteiger partial charge is 0.371 e. The van der Waals surface area contributed by atoms with Crippen molar-refractivity contribution < 1.29 is 9.53 Å². The first-order valence-electron chi connectivity index (χ1n) is 9.28. The van der Waals surface area contributed by atoms with Crippen LogP contribution in [0.1, 0.15) is 46.1 Å². The highest BCUT2D eigenvalue weighted by molar-refractivity contribution is 5.81. The maximum Gasteiger partial charge on any atom is 0.249 e. The highest BCUT2D eigenvalue weighted by atomic mass is 16.5. The van der Waals surface area contributed by atoms with Crippen LogP contribution < -0.4 is 10.2 Å². The molecule has 1 N–H and O–H groups in total. The minimum absolute atomic E-state index is 0.0260. The molecule has 2 atom stereocenters. The Kier molecular flexibility index (Phi) is 4.86. The number of para-hydroxylation sites is 1. The number of carbonyl (C=O) groups is 1. The summed E-state index contributed by atoms with van der Waals surface area (Å²) in [6, 6.07) is 8.78. The number of ether oxygens (including phenoxy) is 1. The van der Waals surface area contributed by atoms with Gasteiger partial charge in [-0.3, -0.25) is 4.79 Å². The number of morpholine rings is 1. The van der Waals surface area contributed by atoms with E-state index in [1.165, 1.54) is 11.3 Å². The number of piperidine rings is 1. The fourth-order valence-corrected chi connectivity index (χ4v) is 4.33. The molecule has 2 fully saturated rings. The molecule has 0 radical (unpaired) electrons. The summed E-state index contributed by atoms with van der Waals surface area (Å²) in [6.45, 7) is 10.4. The van der Waals surface area contributed by atoms with Gasteiger partial charge in [0.2, 0.25) is 5.91 Å². The summed E-state index contributed by atoms with van der Waals surface area (Å²) in [4.78, 5) is 14.5. The van der Waals surface area contributed by atoms with Crippen molar-refractivity contribution in [3.63, 3.8) is 0 Å². The highest BCUT2D eigenvalue weighted by Gasteiger charge is 2.49. The number of nitrogens with zero attached hydrogens (tertiary/aromatic N) is 1. The third-order valence-electron chi connectivity index (χ3n) is 5.63. The number of aryl methyl sites for hydroxylation is 1. The Labute approximate surface area is 145 Å². The second-order valence-corrected chi connectivity index (χ2v) is 7.52. The first-order chi connectivity index (χ1) is 11.5. The molecular weight excluding hydrogens is 300 g/mol. The average molecular weight is 330 g/mol. The third-order valence-corrected chi connectivity index (χ3v) is 5.63. The Morgan fingerprint density at radius 1 is 1.29 bits per heavy atom. The molecule has 0 aliphatic carbocycles. The maximum absolute atomic E-state index is 12.1. The van der Waals surface area contributed by atoms with Crippen molar-refractivity contribution in [3.8, 4) is 0 Å². The average Bonchev–Trinajstić information content (AvgIpc) is 2.58. The van der Waals surface area contributed by atoms with Crippen molar-refractivity contribution in [3.05, 3.63) is 29.8 Å². The number of rotatable bonds is 3. The second-order valence-electron chi connectivity index (χ2n) is 7.52. The summed E-state index contributed by atoms with van der Waals surface area (Å²) in [5, 5.41) is 3.22. The van der Waals surface area contributed by atoms with Gasteiger partial charge in [0.25, 0.3) is 0 Å². The summed E-state index contributed by atoms with van der Waals surface area (Å²) in [5.41, 5.74) is 2.53. The highest BCUT2D eigenvalue weighted by Crippen LogP contribution is 2.38. The molecule has 2 aliphatic heterocycles. The van der Waals surface area contributed by atoms with Gasteiger partial charge in [-0.2, -0.15) is 0 Å². The molecule has 0 aromatic heterocycles. The number of nitrogens with one attached hydrogen (secondary N) is 1. The van der Waals surface area contributed by atoms with Gasteiger partial charge >= 0.3 is 0 Å². The van der Waals surface area contributed by atoms with Gasteiger partial charge in [-0.1, -0.05) is 39.0 Å². The van der Waals surface area contributed by atoms with E-state index in [1.807, 2.05) is 6.92 Å². The van der Waals surface area contributed by atoms with E-state index in [0.29, 0.717) is 5.92 Å². The molecule has 2 heterocycles. The van der Waals surface area contributed by atoms with Crippen molar-refractivity contribution in [2.24, 2.45) is 5.92 Å². The molecule has 2 aliphatic rings. The van der Waals surface area contributed by atoms with Crippen molar-refractivity contribution in [1.82, 2.24) is 5.32 Å². The lowest BCUT2D eigenvalue weighted by Gasteiger charge is -2.52. The standard InChI is InChI=1S/C20H30N2O2/c1-5-16-8-6-7-9-17(16)22-12-10-20(11-13-22)18(14(2)3)21-19(23)15(4)24-20/h6-9,14-15,18H,5,10-13H2,1-4H3,(H,21,23). The molecule has 1 amide bonds. The zero-order valence-electron chi connectivity index (χ0n) is 15.3. The van der Waals surface area contributed by atoms with Crippen molar-refractivity contribution in [1.29, 1.82) is 0 Å². The van der Waals surface area contributed by atoms with Gasteiger partial charge in [0.15, 0.2) is 0 Å². The molecule has 1 aromatic rings. The predicted molar refractivity (Wildman–Crippen MR) is 97.3 cm³/mol. The number of amides is 1. The Bertz CT molecular complexity index is 591. The van der Waals surface area contributed by atoms with Crippen LogP contribution in [0.15, 0.2) is 24.3 Å². The van der Waals surface area contributed by atoms with E-state index in [4.69, 9.17) is 4.74 Å². The Balaban J connectivity index is 1.78. The first-order valence-corrected chi connectivity index (χ1v) is 9.28. The summed E-state index contributed by atoms with van der Waals surface area (Å²) >= 11 is 0. The molecule has 2 saturated heterocycles. The molecule has 1 spiro atoms. The van der Waals surface area contributed by atoms with Gasteiger partial charge < -0.3 is 15.0 Å². The zero-order chi connectivity index (χ0) is 17.3. The van der Waals surface area contributed by atoms with Gasteiger partial charge in [0.1, 0.15) is 6.10 Å². The normalized spacial score (nSPS) is 26.7.